The molecule has 0 radical (unpaired) electrons. The van der Waals surface area contributed by atoms with E-state index in [0.717, 1.165) is 22.5 Å². The zero-order chi connectivity index (χ0) is 27.5. The Bertz CT molecular complexity index is 1320. The minimum atomic E-state index is -0.914. The Labute approximate surface area is 226 Å². The Hall–Kier alpha value is -3.94. The topological polar surface area (TPSA) is 93.1 Å². The molecule has 0 aromatic heterocycles. The van der Waals surface area contributed by atoms with Crippen molar-refractivity contribution in [2.24, 2.45) is 0 Å². The zero-order valence-electron chi connectivity index (χ0n) is 22.0. The maximum atomic E-state index is 13.4. The van der Waals surface area contributed by atoms with Crippen LogP contribution < -0.4 is 9.47 Å². The molecule has 3 aliphatic rings. The van der Waals surface area contributed by atoms with Gasteiger partial charge in [0.05, 0.1) is 13.0 Å². The highest BCUT2D eigenvalue weighted by atomic mass is 19.1. The average Bonchev–Trinajstić information content (AvgIpc) is 2.92. The third-order valence-electron chi connectivity index (χ3n) is 7.54. The molecule has 0 saturated carbocycles. The number of benzene rings is 2. The summed E-state index contributed by atoms with van der Waals surface area (Å²) in [6, 6.07) is 11.6. The molecule has 1 N–H and O–H groups in total. The van der Waals surface area contributed by atoms with E-state index in [1.165, 1.54) is 12.1 Å². The number of hydrogen-bond acceptors (Lipinski definition) is 6. The van der Waals surface area contributed by atoms with Crippen molar-refractivity contribution in [3.8, 4) is 11.5 Å². The van der Waals surface area contributed by atoms with Crippen LogP contribution in [0.1, 0.15) is 68.9 Å². The number of carboxylic acid groups (broad SMARTS) is 1. The molecule has 0 unspecified atom stereocenters. The Morgan fingerprint density at radius 3 is 2.15 bits per heavy atom. The third kappa shape index (κ3) is 5.46. The van der Waals surface area contributed by atoms with Crippen LogP contribution in [0.2, 0.25) is 0 Å². The van der Waals surface area contributed by atoms with E-state index in [1.807, 2.05) is 24.0 Å². The van der Waals surface area contributed by atoms with Crippen LogP contribution in [-0.2, 0) is 21.0 Å². The number of allylic oxidation sites excluding steroid dienone is 4. The normalized spacial score (nSPS) is 17.7. The van der Waals surface area contributed by atoms with Crippen molar-refractivity contribution >= 4 is 17.5 Å². The van der Waals surface area contributed by atoms with E-state index >= 15 is 0 Å². The van der Waals surface area contributed by atoms with Crippen LogP contribution in [-0.4, -0.2) is 40.7 Å². The Morgan fingerprint density at radius 1 is 0.923 bits per heavy atom. The molecule has 1 heterocycles. The molecule has 1 aliphatic heterocycles. The Morgan fingerprint density at radius 2 is 1.56 bits per heavy atom. The summed E-state index contributed by atoms with van der Waals surface area (Å²) in [6.07, 6.45) is 3.45. The maximum Gasteiger partial charge on any atom is 0.305 e. The number of Topliss-reactive ketones (excluding diaryl/α,β-unsaturated/α-hetero) is 2. The molecule has 2 aliphatic carbocycles. The van der Waals surface area contributed by atoms with Crippen LogP contribution in [0.5, 0.6) is 11.5 Å². The fraction of sp³-hybridized carbons (Fsp3) is 0.387. The molecule has 5 rings (SSSR count). The predicted molar refractivity (Wildman–Crippen MR) is 142 cm³/mol. The number of nitrogens with zero attached hydrogens (tertiary/aromatic N) is 1. The lowest BCUT2D eigenvalue weighted by Crippen LogP contribution is -2.39. The molecule has 0 saturated heterocycles. The van der Waals surface area contributed by atoms with E-state index in [4.69, 9.17) is 9.47 Å². The monoisotopic (exact) mass is 533 g/mol. The average molecular weight is 534 g/mol. The fourth-order valence-corrected chi connectivity index (χ4v) is 5.86. The molecular weight excluding hydrogens is 501 g/mol. The number of carbonyl (C=O) groups excluding carboxylic acids is 2. The molecule has 204 valence electrons. The second-order valence-corrected chi connectivity index (χ2v) is 10.1. The van der Waals surface area contributed by atoms with E-state index < -0.39 is 11.9 Å². The van der Waals surface area contributed by atoms with Gasteiger partial charge in [0.1, 0.15) is 12.4 Å². The van der Waals surface area contributed by atoms with E-state index in [1.54, 1.807) is 18.2 Å². The van der Waals surface area contributed by atoms with Crippen LogP contribution in [0, 0.1) is 5.82 Å². The highest BCUT2D eigenvalue weighted by Gasteiger charge is 2.43. The molecule has 0 bridgehead atoms. The summed E-state index contributed by atoms with van der Waals surface area (Å²) in [7, 11) is 0. The number of halogens is 1. The molecule has 0 spiro atoms. The van der Waals surface area contributed by atoms with E-state index in [-0.39, 0.29) is 37.0 Å². The largest absolute Gasteiger partial charge is 0.490 e. The number of rotatable bonds is 9. The van der Waals surface area contributed by atoms with Crippen molar-refractivity contribution in [1.29, 1.82) is 0 Å². The number of ketones is 2. The summed E-state index contributed by atoms with van der Waals surface area (Å²) in [6.45, 7) is 2.72. The van der Waals surface area contributed by atoms with E-state index in [0.29, 0.717) is 67.8 Å². The lowest BCUT2D eigenvalue weighted by molar-refractivity contribution is -0.137. The van der Waals surface area contributed by atoms with Crippen molar-refractivity contribution in [1.82, 2.24) is 4.90 Å². The van der Waals surface area contributed by atoms with Gasteiger partial charge in [-0.15, -0.1) is 0 Å². The summed E-state index contributed by atoms with van der Waals surface area (Å²) >= 11 is 0. The van der Waals surface area contributed by atoms with Crippen LogP contribution in [0.15, 0.2) is 65.0 Å². The third-order valence-corrected chi connectivity index (χ3v) is 7.54. The Balaban J connectivity index is 1.56. The van der Waals surface area contributed by atoms with Crippen LogP contribution in [0.25, 0.3) is 0 Å². The van der Waals surface area contributed by atoms with Crippen molar-refractivity contribution in [2.45, 2.75) is 64.4 Å². The molecule has 0 amide bonds. The molecule has 0 fully saturated rings. The van der Waals surface area contributed by atoms with Crippen LogP contribution in [0.4, 0.5) is 4.39 Å². The smallest absolute Gasteiger partial charge is 0.305 e. The lowest BCUT2D eigenvalue weighted by Gasteiger charge is -2.44. The van der Waals surface area contributed by atoms with Crippen molar-refractivity contribution in [2.75, 3.05) is 13.2 Å². The summed E-state index contributed by atoms with van der Waals surface area (Å²) in [4.78, 5) is 40.2. The molecule has 8 heteroatoms. The van der Waals surface area contributed by atoms with Gasteiger partial charge in [0.25, 0.3) is 0 Å². The van der Waals surface area contributed by atoms with Gasteiger partial charge in [0, 0.05) is 47.8 Å². The van der Waals surface area contributed by atoms with Crippen LogP contribution in [0.3, 0.4) is 0 Å². The van der Waals surface area contributed by atoms with Gasteiger partial charge >= 0.3 is 5.97 Å². The zero-order valence-corrected chi connectivity index (χ0v) is 22.0. The van der Waals surface area contributed by atoms with Gasteiger partial charge in [0.2, 0.25) is 0 Å². The summed E-state index contributed by atoms with van der Waals surface area (Å²) < 4.78 is 25.2. The first-order chi connectivity index (χ1) is 18.9. The van der Waals surface area contributed by atoms with Gasteiger partial charge < -0.3 is 19.5 Å². The van der Waals surface area contributed by atoms with Gasteiger partial charge in [-0.2, -0.15) is 0 Å². The van der Waals surface area contributed by atoms with Gasteiger partial charge in [-0.25, -0.2) is 4.39 Å². The minimum absolute atomic E-state index is 0.00101. The lowest BCUT2D eigenvalue weighted by atomic mass is 9.71. The number of carbonyl (C=O) groups is 3. The highest BCUT2D eigenvalue weighted by molar-refractivity contribution is 6.06. The second kappa shape index (κ2) is 11.4. The van der Waals surface area contributed by atoms with Crippen molar-refractivity contribution in [3.05, 3.63) is 81.9 Å². The Kier molecular flexibility index (Phi) is 7.82. The first-order valence-electron chi connectivity index (χ1n) is 13.5. The van der Waals surface area contributed by atoms with Gasteiger partial charge in [-0.05, 0) is 68.0 Å². The second-order valence-electron chi connectivity index (χ2n) is 10.1. The SMILES string of the molecule is CCOc1cc(C2C3=C(CCCC3=O)N(CCC(=O)O)C3=C2C(=O)CCC3)ccc1OCc1ccc(F)cc1. The summed E-state index contributed by atoms with van der Waals surface area (Å²) in [5, 5.41) is 9.37. The maximum absolute atomic E-state index is 13.4. The quantitative estimate of drug-likeness (QED) is 0.443. The van der Waals surface area contributed by atoms with Crippen molar-refractivity contribution < 1.29 is 33.4 Å². The molecule has 2 aromatic rings. The molecule has 7 nitrogen and oxygen atoms in total. The summed E-state index contributed by atoms with van der Waals surface area (Å²) in [5.41, 5.74) is 4.48. The highest BCUT2D eigenvalue weighted by Crippen LogP contribution is 2.50. The molecule has 2 aromatic carbocycles. The number of ether oxygens (including phenoxy) is 2. The number of carboxylic acids is 1. The fourth-order valence-electron chi connectivity index (χ4n) is 5.86. The van der Waals surface area contributed by atoms with E-state index in [2.05, 4.69) is 0 Å². The van der Waals surface area contributed by atoms with Crippen LogP contribution >= 0.6 is 0 Å². The molecular formula is C31H32FNO6. The first-order valence-corrected chi connectivity index (χ1v) is 13.5. The first kappa shape index (κ1) is 26.7. The molecule has 39 heavy (non-hydrogen) atoms. The van der Waals surface area contributed by atoms with Gasteiger partial charge in [-0.1, -0.05) is 18.2 Å². The number of aliphatic carboxylic acids is 1. The predicted octanol–water partition coefficient (Wildman–Crippen LogP) is 5.69. The molecule has 0 atom stereocenters. The summed E-state index contributed by atoms with van der Waals surface area (Å²) in [5.74, 6) is -0.741. The minimum Gasteiger partial charge on any atom is -0.490 e. The van der Waals surface area contributed by atoms with Gasteiger partial charge in [-0.3, -0.25) is 14.4 Å². The number of hydrogen-bond donors (Lipinski definition) is 1. The standard InChI is InChI=1S/C31H32FNO6/c1-2-38-27-17-20(11-14-26(27)39-18-19-9-12-21(32)13-10-19)29-30-22(5-3-7-24(30)34)33(16-15-28(36)37)23-6-4-8-25(35)31(23)29/h9-14,17,29H,2-8,15-16,18H2,1H3,(H,36,37). The van der Waals surface area contributed by atoms with Gasteiger partial charge in [0.15, 0.2) is 23.1 Å². The van der Waals surface area contributed by atoms with Crippen molar-refractivity contribution in [3.63, 3.8) is 0 Å². The van der Waals surface area contributed by atoms with E-state index in [9.17, 15) is 23.9 Å².